The van der Waals surface area contributed by atoms with Crippen molar-refractivity contribution in [1.82, 2.24) is 0 Å². The van der Waals surface area contributed by atoms with Crippen LogP contribution in [0.25, 0.3) is 0 Å². The second kappa shape index (κ2) is 17.7. The van der Waals surface area contributed by atoms with Crippen LogP contribution in [0, 0.1) is 0 Å². The maximum absolute atomic E-state index is 8.25. The maximum atomic E-state index is 8.25. The SMILES string of the molecule is [Ca+2].[H-].[H-].[H-].[H-].[Mg+2].[O]=[Ti]. The van der Waals surface area contributed by atoms with E-state index in [9.17, 15) is 0 Å². The van der Waals surface area contributed by atoms with E-state index in [1.807, 2.05) is 0 Å². The van der Waals surface area contributed by atoms with Gasteiger partial charge < -0.3 is 5.71 Å². The van der Waals surface area contributed by atoms with Gasteiger partial charge in [-0.05, 0) is 0 Å². The second-order valence-corrected chi connectivity index (χ2v) is 0. The van der Waals surface area contributed by atoms with Crippen molar-refractivity contribution in [1.29, 1.82) is 0 Å². The van der Waals surface area contributed by atoms with E-state index < -0.39 is 0 Å². The molecule has 4 heavy (non-hydrogen) atoms. The van der Waals surface area contributed by atoms with Crippen molar-refractivity contribution >= 4 is 60.8 Å². The minimum atomic E-state index is 0. The predicted molar refractivity (Wildman–Crippen MR) is 16.6 cm³/mol. The van der Waals surface area contributed by atoms with E-state index in [4.69, 9.17) is 3.32 Å². The Morgan fingerprint density at radius 3 is 1.50 bits per heavy atom. The summed E-state index contributed by atoms with van der Waals surface area (Å²) in [6.07, 6.45) is 0. The van der Waals surface area contributed by atoms with Crippen LogP contribution in [-0.4, -0.2) is 60.8 Å². The molecule has 0 rings (SSSR count). The van der Waals surface area contributed by atoms with Gasteiger partial charge in [0.25, 0.3) is 0 Å². The molecule has 0 amide bonds. The Bertz CT molecular complexity index is 16.0. The van der Waals surface area contributed by atoms with E-state index >= 15 is 0 Å². The fourth-order valence-corrected chi connectivity index (χ4v) is 0. The third-order valence-electron chi connectivity index (χ3n) is 0. The Hall–Kier alpha value is 2.54. The first-order chi connectivity index (χ1) is 1.00. The Kier molecular flexibility index (Phi) is 70.9. The molecule has 0 N–H and O–H groups in total. The number of rotatable bonds is 0. The molecule has 0 aliphatic carbocycles. The first kappa shape index (κ1) is 16.0. The molecule has 0 saturated carbocycles. The number of hydrogen-bond acceptors (Lipinski definition) is 1. The molecule has 18 valence electrons. The van der Waals surface area contributed by atoms with Gasteiger partial charge in [0, 0.05) is 0 Å². The third-order valence-corrected chi connectivity index (χ3v) is 0. The molecular formula is H4CaMgOTi. The normalized spacial score (nSPS) is 0.750. The van der Waals surface area contributed by atoms with Crippen molar-refractivity contribution in [2.24, 2.45) is 0 Å². The molecule has 0 aliphatic heterocycles. The van der Waals surface area contributed by atoms with Gasteiger partial charge in [0.2, 0.25) is 0 Å². The standard InChI is InChI=1S/Ca.Mg.O.Ti.4H/q2*+2;;;4*-1. The van der Waals surface area contributed by atoms with Crippen LogP contribution in [0.2, 0.25) is 0 Å². The second-order valence-electron chi connectivity index (χ2n) is 0. The van der Waals surface area contributed by atoms with E-state index in [0.29, 0.717) is 0 Å². The Labute approximate surface area is 88.7 Å². The molecule has 0 bridgehead atoms. The van der Waals surface area contributed by atoms with Crippen LogP contribution in [0.3, 0.4) is 0 Å². The Balaban J connectivity index is -0.000000000333. The third kappa shape index (κ3) is 8.82. The molecule has 0 aromatic carbocycles. The molecule has 0 aromatic rings. The average molecular weight is 132 g/mol. The van der Waals surface area contributed by atoms with Crippen molar-refractivity contribution in [3.63, 3.8) is 0 Å². The molecule has 0 saturated heterocycles. The quantitative estimate of drug-likeness (QED) is 0.409. The molecular weight excluding hydrogens is 128 g/mol. The van der Waals surface area contributed by atoms with Crippen molar-refractivity contribution < 1.29 is 29.4 Å². The molecule has 0 radical (unpaired) electrons. The van der Waals surface area contributed by atoms with E-state index in [0.717, 1.165) is 20.4 Å². The summed E-state index contributed by atoms with van der Waals surface area (Å²) in [6, 6.07) is 0. The van der Waals surface area contributed by atoms with Gasteiger partial charge in [0.1, 0.15) is 0 Å². The predicted octanol–water partition coefficient (Wildman–Crippen LogP) is -0.433. The summed E-state index contributed by atoms with van der Waals surface area (Å²) in [5, 5.41) is 0. The molecule has 4 heteroatoms. The van der Waals surface area contributed by atoms with Crippen LogP contribution < -0.4 is 0 Å². The monoisotopic (exact) mass is 132 g/mol. The van der Waals surface area contributed by atoms with Gasteiger partial charge in [-0.3, -0.25) is 0 Å². The van der Waals surface area contributed by atoms with Gasteiger partial charge in [-0.2, -0.15) is 0 Å². The van der Waals surface area contributed by atoms with Crippen LogP contribution in [0.5, 0.6) is 0 Å². The molecule has 0 spiro atoms. The summed E-state index contributed by atoms with van der Waals surface area (Å²) in [4.78, 5) is 0. The molecule has 0 aromatic heterocycles. The first-order valence-corrected chi connectivity index (χ1v) is 0.842. The van der Waals surface area contributed by atoms with Crippen LogP contribution in [0.15, 0.2) is 0 Å². The van der Waals surface area contributed by atoms with Crippen LogP contribution in [-0.2, 0) is 23.7 Å². The van der Waals surface area contributed by atoms with Crippen LogP contribution >= 0.6 is 0 Å². The van der Waals surface area contributed by atoms with E-state index in [-0.39, 0.29) is 66.5 Å². The topological polar surface area (TPSA) is 17.1 Å². The van der Waals surface area contributed by atoms with Crippen molar-refractivity contribution in [2.45, 2.75) is 0 Å². The zero-order chi connectivity index (χ0) is 2.00. The fourth-order valence-electron chi connectivity index (χ4n) is 0. The van der Waals surface area contributed by atoms with Gasteiger partial charge in [-0.1, -0.05) is 0 Å². The fraction of sp³-hybridized carbons (Fsp3) is 0. The van der Waals surface area contributed by atoms with E-state index in [1.165, 1.54) is 0 Å². The summed E-state index contributed by atoms with van der Waals surface area (Å²) in [5.74, 6) is 0. The molecule has 0 atom stereocenters. The summed E-state index contributed by atoms with van der Waals surface area (Å²) >= 11 is 0.750. The van der Waals surface area contributed by atoms with Crippen molar-refractivity contribution in [3.05, 3.63) is 0 Å². The molecule has 1 nitrogen and oxygen atoms in total. The first-order valence-electron chi connectivity index (χ1n) is 0.204. The van der Waals surface area contributed by atoms with Gasteiger partial charge in [-0.25, -0.2) is 0 Å². The summed E-state index contributed by atoms with van der Waals surface area (Å²) in [7, 11) is 0. The van der Waals surface area contributed by atoms with Crippen molar-refractivity contribution in [3.8, 4) is 0 Å². The van der Waals surface area contributed by atoms with Crippen LogP contribution in [0.4, 0.5) is 0 Å². The van der Waals surface area contributed by atoms with Crippen molar-refractivity contribution in [2.75, 3.05) is 0 Å². The zero-order valence-corrected chi connectivity index (χ0v) is 7.51. The molecule has 0 unspecified atom stereocenters. The van der Waals surface area contributed by atoms with E-state index in [2.05, 4.69) is 0 Å². The van der Waals surface area contributed by atoms with Crippen LogP contribution in [0.1, 0.15) is 5.71 Å². The summed E-state index contributed by atoms with van der Waals surface area (Å²) < 4.78 is 8.25. The minimum absolute atomic E-state index is 0. The molecule has 0 fully saturated rings. The van der Waals surface area contributed by atoms with Gasteiger partial charge in [0.15, 0.2) is 0 Å². The summed E-state index contributed by atoms with van der Waals surface area (Å²) in [6.45, 7) is 0. The number of hydrogen-bond donors (Lipinski definition) is 0. The molecule has 0 aliphatic rings. The van der Waals surface area contributed by atoms with Gasteiger partial charge >= 0.3 is 84.5 Å². The average Bonchev–Trinajstić information content (AvgIpc) is 1.00. The van der Waals surface area contributed by atoms with Gasteiger partial charge in [-0.15, -0.1) is 0 Å². The van der Waals surface area contributed by atoms with E-state index in [1.54, 1.807) is 0 Å². The Morgan fingerprint density at radius 1 is 1.50 bits per heavy atom. The molecule has 0 heterocycles. The zero-order valence-electron chi connectivity index (χ0n) is 6.32. The summed E-state index contributed by atoms with van der Waals surface area (Å²) in [5.41, 5.74) is 0. The van der Waals surface area contributed by atoms with Gasteiger partial charge in [0.05, 0.1) is 0 Å². The Morgan fingerprint density at radius 2 is 1.50 bits per heavy atom.